The maximum Gasteiger partial charge on any atom is 0.262 e. The summed E-state index contributed by atoms with van der Waals surface area (Å²) < 4.78 is 22.0. The van der Waals surface area contributed by atoms with Gasteiger partial charge < -0.3 is 29.7 Å². The lowest BCUT2D eigenvalue weighted by atomic mass is 9.71. The molecule has 16 nitrogen and oxygen atoms in total. The summed E-state index contributed by atoms with van der Waals surface area (Å²) in [6.45, 7) is 6.93. The van der Waals surface area contributed by atoms with E-state index in [1.807, 2.05) is 31.6 Å². The van der Waals surface area contributed by atoms with Crippen LogP contribution in [0.2, 0.25) is 0 Å². The van der Waals surface area contributed by atoms with Crippen LogP contribution in [0.5, 0.6) is 5.75 Å². The third-order valence-electron chi connectivity index (χ3n) is 14.0. The molecule has 1 spiro atoms. The van der Waals surface area contributed by atoms with Crippen molar-refractivity contribution < 1.29 is 28.5 Å². The molecule has 66 heavy (non-hydrogen) atoms. The molecule has 0 bridgehead atoms. The van der Waals surface area contributed by atoms with Crippen molar-refractivity contribution in [3.8, 4) is 16.9 Å². The zero-order chi connectivity index (χ0) is 46.1. The molecule has 342 valence electrons. The van der Waals surface area contributed by atoms with Crippen molar-refractivity contribution in [2.45, 2.75) is 63.3 Å². The number of nitrogens with one attached hydrogen (secondary N) is 3. The number of carbonyl (C=O) groups is 4. The van der Waals surface area contributed by atoms with Crippen molar-refractivity contribution in [1.82, 2.24) is 30.0 Å². The van der Waals surface area contributed by atoms with Crippen molar-refractivity contribution in [3.05, 3.63) is 88.3 Å². The largest absolute Gasteiger partial charge is 0.494 e. The number of aromatic nitrogens is 4. The highest BCUT2D eigenvalue weighted by Gasteiger charge is 2.45. The van der Waals surface area contributed by atoms with E-state index in [0.717, 1.165) is 103 Å². The number of anilines is 6. The number of fused-ring (bicyclic) bond motifs is 1. The number of carbonyl (C=O) groups excluding carboxylic acids is 4. The first-order chi connectivity index (χ1) is 31.7. The van der Waals surface area contributed by atoms with Gasteiger partial charge in [-0.2, -0.15) is 10.1 Å². The zero-order valence-electron chi connectivity index (χ0n) is 37.4. The summed E-state index contributed by atoms with van der Waals surface area (Å²) in [6, 6.07) is 14.7. The fourth-order valence-electron chi connectivity index (χ4n) is 10.0. The Hall–Kier alpha value is -6.06. The minimum absolute atomic E-state index is 0.0813. The number of ether oxygens (including phenoxy) is 1. The molecule has 5 aliphatic rings. The first kappa shape index (κ1) is 43.8. The van der Waals surface area contributed by atoms with Gasteiger partial charge in [0.15, 0.2) is 0 Å². The highest BCUT2D eigenvalue weighted by molar-refractivity contribution is 9.10. The molecule has 4 fully saturated rings. The minimum Gasteiger partial charge on any atom is -0.494 e. The van der Waals surface area contributed by atoms with E-state index in [9.17, 15) is 23.7 Å². The Kier molecular flexibility index (Phi) is 11.3. The zero-order valence-corrected chi connectivity index (χ0v) is 39.9. The normalized spacial score (nSPS) is 19.6. The van der Waals surface area contributed by atoms with Crippen LogP contribution < -0.4 is 35.8 Å². The Morgan fingerprint density at radius 1 is 0.833 bits per heavy atom. The number of hydrogen-bond acceptors (Lipinski definition) is 13. The lowest BCUT2D eigenvalue weighted by Crippen LogP contribution is -2.54. The Morgan fingerprint density at radius 3 is 2.23 bits per heavy atom. The van der Waals surface area contributed by atoms with Crippen LogP contribution in [-0.2, 0) is 21.2 Å². The second-order valence-electron chi connectivity index (χ2n) is 18.7. The average Bonchev–Trinajstić information content (AvgIpc) is 4.02. The Bertz CT molecular complexity index is 2860. The van der Waals surface area contributed by atoms with Crippen LogP contribution >= 0.6 is 23.1 Å². The fraction of sp³-hybridized carbons (Fsp3) is 0.396. The third-order valence-corrected chi connectivity index (χ3v) is 16.1. The number of imide groups is 2. The summed E-state index contributed by atoms with van der Waals surface area (Å²) in [7, 11) is 0.954. The molecule has 3 saturated heterocycles. The summed E-state index contributed by atoms with van der Waals surface area (Å²) in [6.07, 6.45) is 12.1. The standard InChI is InChI=1S/C48H52BrN10O6P/c1-56-27-30(25-51-56)33-23-37(53-47-50-26-35(49)43(55-47)52-36-10-7-29(28-5-6-28)21-41(36)66(3,4)64)40(65-2)24-39(33)58-19-15-48(16-20-58)13-17-57(18-14-48)31-8-9-32-34(22-31)46(63)59(45(32)62)38-11-12-42(60)54-44(38)61/h7-10,21-28,38H,5-6,11-20H2,1-4H3,(H,54,60,61)(H2,50,52,53,55). The number of piperidine rings is 3. The van der Waals surface area contributed by atoms with E-state index in [-0.39, 0.29) is 23.8 Å². The topological polar surface area (TPSA) is 184 Å². The number of rotatable bonds is 11. The summed E-state index contributed by atoms with van der Waals surface area (Å²) in [5.41, 5.74) is 7.31. The lowest BCUT2D eigenvalue weighted by Gasteiger charge is -2.48. The average molecular weight is 976 g/mol. The van der Waals surface area contributed by atoms with Crippen LogP contribution in [0.25, 0.3) is 11.1 Å². The van der Waals surface area contributed by atoms with Gasteiger partial charge in [0, 0.05) is 85.9 Å². The first-order valence-corrected chi connectivity index (χ1v) is 25.9. The molecule has 4 amide bonds. The van der Waals surface area contributed by atoms with E-state index in [0.29, 0.717) is 39.2 Å². The Morgan fingerprint density at radius 2 is 1.56 bits per heavy atom. The number of aryl methyl sites for hydroxylation is 1. The number of nitrogens with zero attached hydrogens (tertiary/aromatic N) is 7. The number of halogens is 1. The Labute approximate surface area is 391 Å². The lowest BCUT2D eigenvalue weighted by molar-refractivity contribution is -0.136. The van der Waals surface area contributed by atoms with E-state index >= 15 is 0 Å². The summed E-state index contributed by atoms with van der Waals surface area (Å²) >= 11 is 3.63. The second-order valence-corrected chi connectivity index (χ2v) is 22.7. The van der Waals surface area contributed by atoms with Crippen molar-refractivity contribution in [2.24, 2.45) is 12.5 Å². The molecule has 1 aliphatic carbocycles. The SMILES string of the molecule is COc1cc(N2CCC3(CCN(c4ccc5c(c4)C(=O)N(C4CCC(=O)NC4=O)C5=O)CC3)CC2)c(-c2cnn(C)c2)cc1Nc1ncc(Br)c(Nc2ccc(C3CC3)cc2P(C)(C)=O)n1. The van der Waals surface area contributed by atoms with Gasteiger partial charge in [-0.1, -0.05) is 6.07 Å². The van der Waals surface area contributed by atoms with E-state index in [4.69, 9.17) is 9.72 Å². The molecule has 5 aromatic rings. The summed E-state index contributed by atoms with van der Waals surface area (Å²) in [4.78, 5) is 66.4. The number of hydrogen-bond donors (Lipinski definition) is 3. The van der Waals surface area contributed by atoms with E-state index < -0.39 is 36.8 Å². The molecule has 1 unspecified atom stereocenters. The molecule has 0 radical (unpaired) electrons. The molecule has 10 rings (SSSR count). The maximum atomic E-state index is 13.5. The van der Waals surface area contributed by atoms with Gasteiger partial charge in [-0.3, -0.25) is 34.1 Å². The molecule has 1 atom stereocenters. The van der Waals surface area contributed by atoms with Gasteiger partial charge in [-0.15, -0.1) is 0 Å². The van der Waals surface area contributed by atoms with Crippen LogP contribution in [0.1, 0.15) is 83.6 Å². The van der Waals surface area contributed by atoms with E-state index in [2.05, 4.69) is 76.0 Å². The van der Waals surface area contributed by atoms with E-state index in [1.54, 1.807) is 43.5 Å². The van der Waals surface area contributed by atoms with Crippen molar-refractivity contribution >= 4 is 86.5 Å². The molecule has 3 N–H and O–H groups in total. The highest BCUT2D eigenvalue weighted by atomic mass is 79.9. The number of methoxy groups -OCH3 is 1. The number of benzene rings is 3. The second kappa shape index (κ2) is 17.0. The van der Waals surface area contributed by atoms with Crippen LogP contribution in [0.4, 0.5) is 34.5 Å². The van der Waals surface area contributed by atoms with Crippen LogP contribution in [-0.4, -0.2) is 101 Å². The fourth-order valence-corrected chi connectivity index (χ4v) is 11.5. The molecule has 3 aromatic carbocycles. The quantitative estimate of drug-likeness (QED) is 0.0872. The molecule has 18 heteroatoms. The van der Waals surface area contributed by atoms with Crippen LogP contribution in [0.15, 0.2) is 71.6 Å². The predicted molar refractivity (Wildman–Crippen MR) is 257 cm³/mol. The molecule has 1 saturated carbocycles. The smallest absolute Gasteiger partial charge is 0.262 e. The van der Waals surface area contributed by atoms with Gasteiger partial charge in [0.05, 0.1) is 40.3 Å². The molecule has 4 aliphatic heterocycles. The van der Waals surface area contributed by atoms with Crippen molar-refractivity contribution in [1.29, 1.82) is 0 Å². The highest BCUT2D eigenvalue weighted by Crippen LogP contribution is 2.48. The van der Waals surface area contributed by atoms with Gasteiger partial charge in [-0.25, -0.2) is 4.98 Å². The van der Waals surface area contributed by atoms with Crippen molar-refractivity contribution in [2.75, 3.05) is 67.1 Å². The molecule has 2 aromatic heterocycles. The van der Waals surface area contributed by atoms with Gasteiger partial charge in [0.25, 0.3) is 11.8 Å². The van der Waals surface area contributed by atoms with Crippen molar-refractivity contribution in [3.63, 3.8) is 0 Å². The predicted octanol–water partition coefficient (Wildman–Crippen LogP) is 7.55. The first-order valence-electron chi connectivity index (χ1n) is 22.5. The third kappa shape index (κ3) is 8.36. The maximum absolute atomic E-state index is 13.5. The van der Waals surface area contributed by atoms with Gasteiger partial charge in [-0.05, 0) is 127 Å². The monoisotopic (exact) mass is 974 g/mol. The van der Waals surface area contributed by atoms with Gasteiger partial charge in [0.2, 0.25) is 17.8 Å². The molecular weight excluding hydrogens is 923 g/mol. The summed E-state index contributed by atoms with van der Waals surface area (Å²) in [5, 5.41) is 14.4. The summed E-state index contributed by atoms with van der Waals surface area (Å²) in [5.74, 6) is 0.0725. The van der Waals surface area contributed by atoms with Crippen LogP contribution in [0, 0.1) is 5.41 Å². The van der Waals surface area contributed by atoms with E-state index in [1.165, 1.54) is 5.56 Å². The molecule has 6 heterocycles. The molecular formula is C48H52BrN10O6P. The van der Waals surface area contributed by atoms with Gasteiger partial charge >= 0.3 is 0 Å². The minimum atomic E-state index is -2.61. The van der Waals surface area contributed by atoms with Gasteiger partial charge in [0.1, 0.15) is 24.8 Å². The van der Waals surface area contributed by atoms with Crippen LogP contribution in [0.3, 0.4) is 0 Å². The Balaban J connectivity index is 0.840. The number of amides is 4.